The van der Waals surface area contributed by atoms with Gasteiger partial charge in [-0.2, -0.15) is 0 Å². The number of carbonyl (C=O) groups is 1. The molecule has 0 radical (unpaired) electrons. The summed E-state index contributed by atoms with van der Waals surface area (Å²) < 4.78 is 11.5. The Bertz CT molecular complexity index is 1230. The van der Waals surface area contributed by atoms with Crippen LogP contribution in [-0.2, 0) is 11.4 Å². The van der Waals surface area contributed by atoms with E-state index in [1.807, 2.05) is 48.5 Å². The van der Waals surface area contributed by atoms with E-state index in [1.54, 1.807) is 24.3 Å². The van der Waals surface area contributed by atoms with E-state index in [4.69, 9.17) is 44.9 Å². The average Bonchev–Trinajstić information content (AvgIpc) is 3.06. The summed E-state index contributed by atoms with van der Waals surface area (Å²) in [6.07, 6.45) is 1.80. The molecule has 0 bridgehead atoms. The Morgan fingerprint density at radius 2 is 1.84 bits per heavy atom. The van der Waals surface area contributed by atoms with E-state index in [0.29, 0.717) is 43.1 Å². The predicted octanol–water partition coefficient (Wildman–Crippen LogP) is 6.99. The minimum atomic E-state index is -0.205. The highest BCUT2D eigenvalue weighted by Crippen LogP contribution is 2.38. The molecule has 1 amide bonds. The number of ether oxygens (including phenoxy) is 2. The lowest BCUT2D eigenvalue weighted by Gasteiger charge is -2.15. The fourth-order valence-electron chi connectivity index (χ4n) is 3.11. The van der Waals surface area contributed by atoms with Gasteiger partial charge in [-0.05, 0) is 48.0 Å². The van der Waals surface area contributed by atoms with Crippen molar-refractivity contribution in [2.24, 2.45) is 0 Å². The molecule has 0 aromatic heterocycles. The van der Waals surface area contributed by atoms with Crippen LogP contribution in [0.2, 0.25) is 10.0 Å². The second kappa shape index (κ2) is 9.96. The highest BCUT2D eigenvalue weighted by atomic mass is 35.5. The number of hydrogen-bond donors (Lipinski definition) is 0. The van der Waals surface area contributed by atoms with Crippen LogP contribution in [0.15, 0.2) is 71.6 Å². The summed E-state index contributed by atoms with van der Waals surface area (Å²) in [7, 11) is 1.54. The van der Waals surface area contributed by atoms with Crippen LogP contribution in [0.5, 0.6) is 11.5 Å². The highest BCUT2D eigenvalue weighted by Gasteiger charge is 2.33. The Morgan fingerprint density at radius 3 is 2.59 bits per heavy atom. The lowest BCUT2D eigenvalue weighted by molar-refractivity contribution is -0.113. The summed E-state index contributed by atoms with van der Waals surface area (Å²) in [6.45, 7) is 0.351. The average molecular weight is 502 g/mol. The van der Waals surface area contributed by atoms with E-state index >= 15 is 0 Å². The molecule has 162 valence electrons. The van der Waals surface area contributed by atoms with Gasteiger partial charge < -0.3 is 9.47 Å². The quantitative estimate of drug-likeness (QED) is 0.269. The van der Waals surface area contributed by atoms with Crippen LogP contribution >= 0.6 is 47.2 Å². The fourth-order valence-corrected chi connectivity index (χ4v) is 4.85. The fraction of sp³-hybridized carbons (Fsp3) is 0.0833. The third-order valence-corrected chi connectivity index (χ3v) is 6.66. The first-order valence-corrected chi connectivity index (χ1v) is 11.5. The molecule has 0 N–H and O–H groups in total. The SMILES string of the molecule is COc1ccc(N2C(=O)/C(=C\c3cccc(OCc4ccccc4Cl)c3)SC2=S)cc1Cl. The first-order valence-electron chi connectivity index (χ1n) is 9.54. The van der Waals surface area contributed by atoms with E-state index < -0.39 is 0 Å². The number of thiocarbonyl (C=S) groups is 1. The summed E-state index contributed by atoms with van der Waals surface area (Å²) in [6, 6.07) is 20.2. The van der Waals surface area contributed by atoms with Crippen molar-refractivity contribution < 1.29 is 14.3 Å². The minimum absolute atomic E-state index is 0.205. The summed E-state index contributed by atoms with van der Waals surface area (Å²) >= 11 is 19.1. The number of rotatable bonds is 6. The Kier molecular flexibility index (Phi) is 7.06. The van der Waals surface area contributed by atoms with Gasteiger partial charge in [0, 0.05) is 10.6 Å². The van der Waals surface area contributed by atoms with E-state index in [0.717, 1.165) is 11.1 Å². The van der Waals surface area contributed by atoms with Crippen LogP contribution in [0.4, 0.5) is 5.69 Å². The normalized spacial score (nSPS) is 14.8. The Morgan fingerprint density at radius 1 is 1.03 bits per heavy atom. The monoisotopic (exact) mass is 501 g/mol. The molecule has 1 aliphatic heterocycles. The number of thioether (sulfide) groups is 1. The van der Waals surface area contributed by atoms with E-state index in [9.17, 15) is 4.79 Å². The Hall–Kier alpha value is -2.51. The molecular weight excluding hydrogens is 485 g/mol. The number of hydrogen-bond acceptors (Lipinski definition) is 5. The molecule has 4 nitrogen and oxygen atoms in total. The smallest absolute Gasteiger partial charge is 0.270 e. The summed E-state index contributed by atoms with van der Waals surface area (Å²) in [5.41, 5.74) is 2.33. The van der Waals surface area contributed by atoms with Gasteiger partial charge in [0.05, 0.1) is 22.7 Å². The molecule has 3 aromatic rings. The van der Waals surface area contributed by atoms with Gasteiger partial charge in [-0.1, -0.05) is 77.5 Å². The summed E-state index contributed by atoms with van der Waals surface area (Å²) in [5, 5.41) is 1.07. The van der Waals surface area contributed by atoms with Crippen molar-refractivity contribution in [2.45, 2.75) is 6.61 Å². The maximum absolute atomic E-state index is 13.0. The van der Waals surface area contributed by atoms with Crippen LogP contribution in [0.1, 0.15) is 11.1 Å². The van der Waals surface area contributed by atoms with Gasteiger partial charge in [0.25, 0.3) is 5.91 Å². The first kappa shape index (κ1) is 22.7. The van der Waals surface area contributed by atoms with Crippen molar-refractivity contribution >= 4 is 69.2 Å². The van der Waals surface area contributed by atoms with Gasteiger partial charge >= 0.3 is 0 Å². The van der Waals surface area contributed by atoms with Gasteiger partial charge in [-0.25, -0.2) is 0 Å². The summed E-state index contributed by atoms with van der Waals surface area (Å²) in [4.78, 5) is 15.0. The van der Waals surface area contributed by atoms with Crippen LogP contribution in [0.3, 0.4) is 0 Å². The minimum Gasteiger partial charge on any atom is -0.495 e. The Labute approximate surface area is 205 Å². The first-order chi connectivity index (χ1) is 15.5. The molecule has 1 heterocycles. The third-order valence-electron chi connectivity index (χ3n) is 4.70. The van der Waals surface area contributed by atoms with Gasteiger partial charge in [-0.15, -0.1) is 0 Å². The van der Waals surface area contributed by atoms with Gasteiger partial charge in [0.2, 0.25) is 0 Å². The molecule has 8 heteroatoms. The second-order valence-electron chi connectivity index (χ2n) is 6.79. The third kappa shape index (κ3) is 4.94. The van der Waals surface area contributed by atoms with E-state index in [2.05, 4.69) is 0 Å². The maximum atomic E-state index is 13.0. The standard InChI is InChI=1S/C24H17Cl2NO3S2/c1-29-21-10-9-17(13-20(21)26)27-23(28)22(32-24(27)31)12-15-5-4-7-18(11-15)30-14-16-6-2-3-8-19(16)25/h2-13H,14H2,1H3/b22-12+. The molecule has 4 rings (SSSR count). The lowest BCUT2D eigenvalue weighted by Crippen LogP contribution is -2.27. The van der Waals surface area contributed by atoms with Crippen LogP contribution in [-0.4, -0.2) is 17.3 Å². The molecule has 0 aliphatic carbocycles. The van der Waals surface area contributed by atoms with Crippen molar-refractivity contribution in [3.63, 3.8) is 0 Å². The van der Waals surface area contributed by atoms with E-state index in [1.165, 1.54) is 23.8 Å². The number of carbonyl (C=O) groups excluding carboxylic acids is 1. The molecule has 0 saturated carbocycles. The molecule has 3 aromatic carbocycles. The number of anilines is 1. The zero-order valence-corrected chi connectivity index (χ0v) is 20.0. The van der Waals surface area contributed by atoms with Crippen molar-refractivity contribution in [2.75, 3.05) is 12.0 Å². The molecule has 1 saturated heterocycles. The molecule has 32 heavy (non-hydrogen) atoms. The zero-order valence-electron chi connectivity index (χ0n) is 16.9. The molecule has 0 atom stereocenters. The Balaban J connectivity index is 1.52. The number of nitrogens with zero attached hydrogens (tertiary/aromatic N) is 1. The molecule has 1 fully saturated rings. The number of amides is 1. The topological polar surface area (TPSA) is 38.8 Å². The largest absolute Gasteiger partial charge is 0.495 e. The number of halogens is 2. The summed E-state index contributed by atoms with van der Waals surface area (Å²) in [5.74, 6) is 1.00. The van der Waals surface area contributed by atoms with Crippen LogP contribution < -0.4 is 14.4 Å². The molecule has 1 aliphatic rings. The van der Waals surface area contributed by atoms with Crippen molar-refractivity contribution in [3.8, 4) is 11.5 Å². The van der Waals surface area contributed by atoms with Crippen molar-refractivity contribution in [3.05, 3.63) is 92.8 Å². The van der Waals surface area contributed by atoms with Gasteiger partial charge in [0.15, 0.2) is 4.32 Å². The molecule has 0 spiro atoms. The predicted molar refractivity (Wildman–Crippen MR) is 136 cm³/mol. The van der Waals surface area contributed by atoms with Crippen molar-refractivity contribution in [1.29, 1.82) is 0 Å². The van der Waals surface area contributed by atoms with E-state index in [-0.39, 0.29) is 5.91 Å². The van der Waals surface area contributed by atoms with Crippen molar-refractivity contribution in [1.82, 2.24) is 0 Å². The maximum Gasteiger partial charge on any atom is 0.270 e. The highest BCUT2D eigenvalue weighted by molar-refractivity contribution is 8.27. The number of benzene rings is 3. The zero-order chi connectivity index (χ0) is 22.7. The lowest BCUT2D eigenvalue weighted by atomic mass is 10.2. The van der Waals surface area contributed by atoms with Gasteiger partial charge in [-0.3, -0.25) is 9.69 Å². The van der Waals surface area contributed by atoms with Gasteiger partial charge in [0.1, 0.15) is 18.1 Å². The second-order valence-corrected chi connectivity index (χ2v) is 9.28. The molecular formula is C24H17Cl2NO3S2. The molecule has 0 unspecified atom stereocenters. The van der Waals surface area contributed by atoms with Crippen LogP contribution in [0.25, 0.3) is 6.08 Å². The number of methoxy groups -OCH3 is 1. The van der Waals surface area contributed by atoms with Crippen LogP contribution in [0, 0.1) is 0 Å².